The molecule has 6 heteroatoms. The second-order valence-corrected chi connectivity index (χ2v) is 29.4. The van der Waals surface area contributed by atoms with Crippen LogP contribution in [0.15, 0.2) is 0 Å². The molecule has 0 aliphatic heterocycles. The molecule has 6 rings (SSSR count). The van der Waals surface area contributed by atoms with Crippen molar-refractivity contribution in [1.82, 2.24) is 25.3 Å². The lowest BCUT2D eigenvalue weighted by molar-refractivity contribution is 0.0263. The molecule has 0 atom stereocenters. The van der Waals surface area contributed by atoms with Gasteiger partial charge in [-0.2, -0.15) is 0 Å². The second kappa shape index (κ2) is 27.0. The molecule has 0 aromatic rings. The van der Waals surface area contributed by atoms with Gasteiger partial charge in [0, 0.05) is 36.3 Å². The van der Waals surface area contributed by atoms with Crippen molar-refractivity contribution in [1.29, 1.82) is 0 Å². The van der Waals surface area contributed by atoms with Crippen molar-refractivity contribution in [2.45, 2.75) is 266 Å². The van der Waals surface area contributed by atoms with Gasteiger partial charge in [-0.15, -0.1) is 0 Å². The average Bonchev–Trinajstić information content (AvgIpc) is 3.02. The molecular weight excluding hydrogens is 805 g/mol. The maximum atomic E-state index is 5.67. The molecule has 6 fully saturated rings. The van der Waals surface area contributed by atoms with Crippen LogP contribution in [0.3, 0.4) is 0 Å². The van der Waals surface area contributed by atoms with Crippen LogP contribution in [0.25, 0.3) is 0 Å². The minimum atomic E-state index is 0.496. The number of hydrogen-bond donors (Lipinski definition) is 3. The van der Waals surface area contributed by atoms with Crippen molar-refractivity contribution in [3.8, 4) is 0 Å². The lowest BCUT2D eigenvalue weighted by Crippen LogP contribution is -2.48. The predicted octanol–water partition coefficient (Wildman–Crippen LogP) is 14.5. The molecule has 0 unspecified atom stereocenters. The number of hydrogen-bond acceptors (Lipinski definition) is 6. The first-order chi connectivity index (χ1) is 29.9. The summed E-state index contributed by atoms with van der Waals surface area (Å²) in [6.45, 7) is 55.9. The van der Waals surface area contributed by atoms with E-state index in [1.807, 2.05) is 0 Å². The Balaban J connectivity index is 0.000000397. The van der Waals surface area contributed by atoms with Gasteiger partial charge in [-0.25, -0.2) is 0 Å². The van der Waals surface area contributed by atoms with Crippen LogP contribution < -0.4 is 16.4 Å². The van der Waals surface area contributed by atoms with Gasteiger partial charge in [-0.1, -0.05) is 152 Å². The van der Waals surface area contributed by atoms with Gasteiger partial charge in [0.2, 0.25) is 0 Å². The largest absolute Gasteiger partial charge is 0.328 e. The number of nitrogens with one attached hydrogen (secondary N) is 2. The highest BCUT2D eigenvalue weighted by molar-refractivity contribution is 4.95. The topological polar surface area (TPSA) is 59.8 Å². The van der Waals surface area contributed by atoms with Crippen LogP contribution >= 0.6 is 0 Å². The Bertz CT molecular complexity index is 1240. The van der Waals surface area contributed by atoms with Crippen molar-refractivity contribution >= 4 is 0 Å². The molecule has 66 heavy (non-hydrogen) atoms. The van der Waals surface area contributed by atoms with Crippen LogP contribution in [0.5, 0.6) is 0 Å². The van der Waals surface area contributed by atoms with Gasteiger partial charge < -0.3 is 31.1 Å². The molecule has 0 radical (unpaired) electrons. The first-order valence-corrected chi connectivity index (χ1v) is 28.2. The zero-order valence-corrected chi connectivity index (χ0v) is 50.2. The molecule has 6 aliphatic carbocycles. The molecule has 0 aromatic heterocycles. The highest BCUT2D eigenvalue weighted by Gasteiger charge is 2.41. The molecular formula is C60H126N6. The fourth-order valence-electron chi connectivity index (χ4n) is 10.7. The van der Waals surface area contributed by atoms with Crippen molar-refractivity contribution in [2.75, 3.05) is 54.4 Å². The Morgan fingerprint density at radius 2 is 0.682 bits per heavy atom. The third-order valence-corrected chi connectivity index (χ3v) is 18.2. The molecule has 0 spiro atoms. The van der Waals surface area contributed by atoms with Gasteiger partial charge in [-0.3, -0.25) is 0 Å². The monoisotopic (exact) mass is 931 g/mol. The lowest BCUT2D eigenvalue weighted by atomic mass is 9.65. The molecule has 6 aliphatic rings. The summed E-state index contributed by atoms with van der Waals surface area (Å²) >= 11 is 0. The molecule has 0 bridgehead atoms. The van der Waals surface area contributed by atoms with E-state index in [0.29, 0.717) is 38.5 Å². The second-order valence-electron chi connectivity index (χ2n) is 29.4. The normalized spacial score (nSPS) is 31.9. The van der Waals surface area contributed by atoms with E-state index in [4.69, 9.17) is 5.73 Å². The highest BCUT2D eigenvalue weighted by atomic mass is 15.2. The van der Waals surface area contributed by atoms with Crippen LogP contribution in [-0.4, -0.2) is 105 Å². The van der Waals surface area contributed by atoms with Gasteiger partial charge in [-0.05, 0) is 199 Å². The summed E-state index contributed by atoms with van der Waals surface area (Å²) in [6.07, 6.45) is 16.5. The van der Waals surface area contributed by atoms with E-state index in [2.05, 4.69) is 206 Å². The Labute approximate surface area is 417 Å². The summed E-state index contributed by atoms with van der Waals surface area (Å²) in [7, 11) is 8.67. The van der Waals surface area contributed by atoms with Gasteiger partial charge in [0.05, 0.1) is 0 Å². The van der Waals surface area contributed by atoms with Crippen molar-refractivity contribution in [2.24, 2.45) is 73.7 Å². The predicted molar refractivity (Wildman–Crippen MR) is 298 cm³/mol. The number of rotatable bonds is 9. The van der Waals surface area contributed by atoms with Crippen molar-refractivity contribution in [3.63, 3.8) is 0 Å². The highest BCUT2D eigenvalue weighted by Crippen LogP contribution is 2.46. The number of nitrogens with two attached hydrogens (primary N) is 1. The molecule has 6 nitrogen and oxygen atoms in total. The Hall–Kier alpha value is -0.240. The zero-order valence-electron chi connectivity index (χ0n) is 50.2. The van der Waals surface area contributed by atoms with Crippen LogP contribution in [0, 0.1) is 68.0 Å². The molecule has 6 saturated carbocycles. The summed E-state index contributed by atoms with van der Waals surface area (Å²) < 4.78 is 0. The SMILES string of the molecule is CC(C)(C)C1CC(N)C1.CCN(C)C1CC(C(C)(C)C)C1.CCN(CC)C1CC(C(C)(C)C)C1.CCNC1CC(C(C)(C)C)C1.CN(C)C1CC(C(C)(C)C)C1.CNC1CC(C(C)(C)C)C1. The molecule has 0 amide bonds. The Morgan fingerprint density at radius 1 is 0.394 bits per heavy atom. The minimum absolute atomic E-state index is 0.496. The molecule has 0 saturated heterocycles. The van der Waals surface area contributed by atoms with E-state index >= 15 is 0 Å². The van der Waals surface area contributed by atoms with Gasteiger partial charge >= 0.3 is 0 Å². The zero-order chi connectivity index (χ0) is 51.4. The van der Waals surface area contributed by atoms with E-state index in [0.717, 1.165) is 72.3 Å². The summed E-state index contributed by atoms with van der Waals surface area (Å²) in [5.41, 5.74) is 8.83. The number of nitrogens with zero attached hydrogens (tertiary/aromatic N) is 3. The van der Waals surface area contributed by atoms with Gasteiger partial charge in [0.1, 0.15) is 0 Å². The molecule has 0 heterocycles. The fraction of sp³-hybridized carbons (Fsp3) is 1.00. The van der Waals surface area contributed by atoms with E-state index in [1.54, 1.807) is 0 Å². The van der Waals surface area contributed by atoms with E-state index in [9.17, 15) is 0 Å². The molecule has 4 N–H and O–H groups in total. The van der Waals surface area contributed by atoms with Crippen molar-refractivity contribution < 1.29 is 0 Å². The Morgan fingerprint density at radius 3 is 0.924 bits per heavy atom. The molecule has 0 aromatic carbocycles. The maximum absolute atomic E-state index is 5.67. The average molecular weight is 932 g/mol. The van der Waals surface area contributed by atoms with Crippen LogP contribution in [0.1, 0.15) is 229 Å². The quantitative estimate of drug-likeness (QED) is 0.214. The summed E-state index contributed by atoms with van der Waals surface area (Å²) in [5.74, 6) is 5.65. The van der Waals surface area contributed by atoms with E-state index in [-0.39, 0.29) is 0 Å². The summed E-state index contributed by atoms with van der Waals surface area (Å²) in [6, 6.07) is 4.76. The summed E-state index contributed by atoms with van der Waals surface area (Å²) in [5, 5.41) is 6.79. The Kier molecular flexibility index (Phi) is 26.1. The lowest BCUT2D eigenvalue weighted by Gasteiger charge is -2.48. The van der Waals surface area contributed by atoms with E-state index < -0.39 is 0 Å². The van der Waals surface area contributed by atoms with Gasteiger partial charge in [0.15, 0.2) is 0 Å². The third-order valence-electron chi connectivity index (χ3n) is 18.2. The maximum Gasteiger partial charge on any atom is 0.0101 e. The van der Waals surface area contributed by atoms with Crippen LogP contribution in [0.4, 0.5) is 0 Å². The van der Waals surface area contributed by atoms with Crippen molar-refractivity contribution in [3.05, 3.63) is 0 Å². The third kappa shape index (κ3) is 22.0. The van der Waals surface area contributed by atoms with Gasteiger partial charge in [0.25, 0.3) is 0 Å². The fourth-order valence-corrected chi connectivity index (χ4v) is 10.7. The molecule has 396 valence electrons. The van der Waals surface area contributed by atoms with Crippen LogP contribution in [0.2, 0.25) is 0 Å². The first kappa shape index (κ1) is 63.8. The van der Waals surface area contributed by atoms with Crippen LogP contribution in [-0.2, 0) is 0 Å². The summed E-state index contributed by atoms with van der Waals surface area (Å²) in [4.78, 5) is 7.42. The first-order valence-electron chi connectivity index (χ1n) is 28.2. The smallest absolute Gasteiger partial charge is 0.0101 e. The minimum Gasteiger partial charge on any atom is -0.328 e. The van der Waals surface area contributed by atoms with E-state index in [1.165, 1.54) is 96.7 Å². The standard InChI is InChI=1S/C12H25N.C11H23N.2C10H21N.C9H19N.C8H17N/c1-6-13(7-2)11-8-10(9-11)12(3,4)5;1-6-12(5)10-7-9(8-10)11(2,3)4;1-10(2,3)8-6-9(7-8)11(4)5;1-5-11-9-6-8(7-9)10(2,3)4;1-9(2,3)7-5-8(6-7)10-4;1-8(2,3)6-4-7(9)5-6/h10-11H,6-9H2,1-5H3;9-10H,6-8H2,1-5H3;8-9H,6-7H2,1-5H3;8-9,11H,5-7H2,1-4H3;7-8,10H,5-6H2,1-4H3;6-7H,4-5,9H2,1-3H3.